The zero-order valence-electron chi connectivity index (χ0n) is 15.9. The van der Waals surface area contributed by atoms with Crippen LogP contribution in [0.25, 0.3) is 0 Å². The highest BCUT2D eigenvalue weighted by atomic mass is 127. The van der Waals surface area contributed by atoms with Crippen LogP contribution in [0.1, 0.15) is 44.1 Å². The minimum atomic E-state index is -2.98. The van der Waals surface area contributed by atoms with E-state index in [-0.39, 0.29) is 36.3 Å². The smallest absolute Gasteiger partial charge is 0.191 e. The van der Waals surface area contributed by atoms with Gasteiger partial charge in [0.15, 0.2) is 11.7 Å². The molecular weight excluding hydrogens is 471 g/mol. The Kier molecular flexibility index (Phi) is 12.9. The molecule has 0 saturated carbocycles. The number of ether oxygens (including phenoxy) is 1. The van der Waals surface area contributed by atoms with Crippen molar-refractivity contribution >= 4 is 39.8 Å². The summed E-state index contributed by atoms with van der Waals surface area (Å²) in [6.07, 6.45) is 3.27. The lowest BCUT2D eigenvalue weighted by atomic mass is 9.99. The van der Waals surface area contributed by atoms with Gasteiger partial charge in [-0.15, -0.1) is 24.0 Å². The second-order valence-corrected chi connectivity index (χ2v) is 8.09. The van der Waals surface area contributed by atoms with E-state index in [1.54, 1.807) is 7.05 Å². The molecular formula is C16H31IN4O4S. The van der Waals surface area contributed by atoms with Gasteiger partial charge in [0.1, 0.15) is 9.84 Å². The molecule has 2 N–H and O–H groups in total. The Balaban J connectivity index is 0.00000625. The lowest BCUT2D eigenvalue weighted by Gasteiger charge is -2.10. The summed E-state index contributed by atoms with van der Waals surface area (Å²) < 4.78 is 32.6. The van der Waals surface area contributed by atoms with Crippen molar-refractivity contribution < 1.29 is 17.7 Å². The monoisotopic (exact) mass is 502 g/mol. The van der Waals surface area contributed by atoms with Gasteiger partial charge in [-0.2, -0.15) is 0 Å². The van der Waals surface area contributed by atoms with E-state index < -0.39 is 9.84 Å². The number of sulfone groups is 1. The van der Waals surface area contributed by atoms with Crippen molar-refractivity contribution in [3.05, 3.63) is 17.5 Å². The Morgan fingerprint density at radius 1 is 1.31 bits per heavy atom. The third-order valence-electron chi connectivity index (χ3n) is 3.77. The predicted octanol–water partition coefficient (Wildman–Crippen LogP) is 1.92. The number of aliphatic imine (C=N–C) groups is 1. The first kappa shape index (κ1) is 25.1. The van der Waals surface area contributed by atoms with Crippen LogP contribution in [0.5, 0.6) is 0 Å². The van der Waals surface area contributed by atoms with Crippen LogP contribution in [0.15, 0.2) is 15.6 Å². The summed E-state index contributed by atoms with van der Waals surface area (Å²) in [5, 5.41) is 10.4. The predicted molar refractivity (Wildman–Crippen MR) is 114 cm³/mol. The first-order chi connectivity index (χ1) is 11.9. The number of nitrogens with one attached hydrogen (secondary N) is 2. The van der Waals surface area contributed by atoms with Gasteiger partial charge in [-0.05, 0) is 12.8 Å². The van der Waals surface area contributed by atoms with Gasteiger partial charge in [-0.3, -0.25) is 4.99 Å². The van der Waals surface area contributed by atoms with Crippen LogP contribution in [0.3, 0.4) is 0 Å². The summed E-state index contributed by atoms with van der Waals surface area (Å²) in [4.78, 5) is 4.12. The van der Waals surface area contributed by atoms with E-state index in [0.29, 0.717) is 31.6 Å². The average Bonchev–Trinajstić information content (AvgIpc) is 3.02. The van der Waals surface area contributed by atoms with Crippen LogP contribution < -0.4 is 10.6 Å². The van der Waals surface area contributed by atoms with Crippen LogP contribution in [0.2, 0.25) is 0 Å². The zero-order chi connectivity index (χ0) is 18.7. The van der Waals surface area contributed by atoms with Gasteiger partial charge in [0.2, 0.25) is 0 Å². The Labute approximate surface area is 173 Å². The molecule has 0 aliphatic rings. The van der Waals surface area contributed by atoms with E-state index in [4.69, 9.17) is 9.26 Å². The number of halogens is 1. The molecule has 0 radical (unpaired) electrons. The van der Waals surface area contributed by atoms with E-state index in [0.717, 1.165) is 24.3 Å². The molecule has 0 aromatic carbocycles. The molecule has 8 nitrogen and oxygen atoms in total. The summed E-state index contributed by atoms with van der Waals surface area (Å²) in [5.41, 5.74) is 0.990. The van der Waals surface area contributed by atoms with Gasteiger partial charge < -0.3 is 19.9 Å². The summed E-state index contributed by atoms with van der Waals surface area (Å²) in [7, 11) is -1.30. The van der Waals surface area contributed by atoms with Crippen molar-refractivity contribution in [2.75, 3.05) is 38.8 Å². The number of nitrogens with zero attached hydrogens (tertiary/aromatic N) is 2. The molecule has 1 heterocycles. The molecule has 26 heavy (non-hydrogen) atoms. The number of guanidine groups is 1. The first-order valence-electron chi connectivity index (χ1n) is 8.55. The van der Waals surface area contributed by atoms with Crippen molar-refractivity contribution in [2.45, 2.75) is 39.2 Å². The van der Waals surface area contributed by atoms with Crippen molar-refractivity contribution in [1.29, 1.82) is 0 Å². The normalized spacial score (nSPS) is 12.1. The number of hydrogen-bond donors (Lipinski definition) is 2. The van der Waals surface area contributed by atoms with Gasteiger partial charge >= 0.3 is 0 Å². The van der Waals surface area contributed by atoms with Crippen molar-refractivity contribution in [1.82, 2.24) is 15.8 Å². The summed E-state index contributed by atoms with van der Waals surface area (Å²) in [5.74, 6) is 1.84. The maximum atomic E-state index is 11.0. The first-order valence-corrected chi connectivity index (χ1v) is 10.6. The molecule has 0 amide bonds. The molecule has 1 aromatic rings. The highest BCUT2D eigenvalue weighted by Crippen LogP contribution is 2.22. The summed E-state index contributed by atoms with van der Waals surface area (Å²) in [6, 6.07) is 1.98. The highest BCUT2D eigenvalue weighted by molar-refractivity contribution is 14.0. The second-order valence-electron chi connectivity index (χ2n) is 5.83. The lowest BCUT2D eigenvalue weighted by molar-refractivity contribution is 0.154. The molecule has 0 aliphatic heterocycles. The standard InChI is InChI=1S/C16H30N4O4S.HI/c1-5-13(6-2)15-11-14(24-20-15)12-19-16(17-3)18-7-8-23-9-10-25(4,21)22;/h11,13H,5-10,12H2,1-4H3,(H2,17,18,19);1H. The quantitative estimate of drug-likeness (QED) is 0.206. The minimum Gasteiger partial charge on any atom is -0.379 e. The fraction of sp³-hybridized carbons (Fsp3) is 0.750. The van der Waals surface area contributed by atoms with Crippen LogP contribution in [-0.4, -0.2) is 58.3 Å². The molecule has 0 saturated heterocycles. The van der Waals surface area contributed by atoms with Crippen LogP contribution >= 0.6 is 24.0 Å². The maximum Gasteiger partial charge on any atom is 0.191 e. The van der Waals surface area contributed by atoms with E-state index in [1.807, 2.05) is 6.07 Å². The Bertz CT molecular complexity index is 630. The van der Waals surface area contributed by atoms with Crippen LogP contribution in [-0.2, 0) is 21.1 Å². The van der Waals surface area contributed by atoms with Crippen molar-refractivity contribution in [2.24, 2.45) is 4.99 Å². The maximum absolute atomic E-state index is 11.0. The SMILES string of the molecule is CCC(CC)c1cc(CNC(=NC)NCCOCCS(C)(=O)=O)on1.I. The Morgan fingerprint density at radius 3 is 2.58 bits per heavy atom. The Hall–Kier alpha value is -0.880. The summed E-state index contributed by atoms with van der Waals surface area (Å²) in [6.45, 7) is 5.90. The van der Waals surface area contributed by atoms with E-state index in [9.17, 15) is 8.42 Å². The molecule has 1 rings (SSSR count). The molecule has 152 valence electrons. The fourth-order valence-corrected chi connectivity index (χ4v) is 2.68. The molecule has 0 atom stereocenters. The third kappa shape index (κ3) is 10.3. The Morgan fingerprint density at radius 2 is 2.00 bits per heavy atom. The molecule has 0 bridgehead atoms. The van der Waals surface area contributed by atoms with Crippen LogP contribution in [0, 0.1) is 0 Å². The molecule has 10 heteroatoms. The minimum absolute atomic E-state index is 0. The zero-order valence-corrected chi connectivity index (χ0v) is 19.1. The molecule has 0 unspecified atom stereocenters. The van der Waals surface area contributed by atoms with E-state index in [1.165, 1.54) is 6.26 Å². The fourth-order valence-electron chi connectivity index (χ4n) is 2.26. The van der Waals surface area contributed by atoms with E-state index >= 15 is 0 Å². The number of hydrogen-bond acceptors (Lipinski definition) is 6. The molecule has 1 aromatic heterocycles. The van der Waals surface area contributed by atoms with Gasteiger partial charge in [-0.1, -0.05) is 19.0 Å². The molecule has 0 fully saturated rings. The average molecular weight is 502 g/mol. The number of aromatic nitrogens is 1. The van der Waals surface area contributed by atoms with Crippen molar-refractivity contribution in [3.63, 3.8) is 0 Å². The van der Waals surface area contributed by atoms with Gasteiger partial charge in [0.25, 0.3) is 0 Å². The van der Waals surface area contributed by atoms with Gasteiger partial charge in [0.05, 0.1) is 31.2 Å². The van der Waals surface area contributed by atoms with E-state index in [2.05, 4.69) is 34.6 Å². The molecule has 0 spiro atoms. The van der Waals surface area contributed by atoms with Gasteiger partial charge in [0, 0.05) is 31.8 Å². The van der Waals surface area contributed by atoms with Crippen LogP contribution in [0.4, 0.5) is 0 Å². The van der Waals surface area contributed by atoms with Gasteiger partial charge in [-0.25, -0.2) is 8.42 Å². The second kappa shape index (κ2) is 13.3. The lowest BCUT2D eigenvalue weighted by Crippen LogP contribution is -2.38. The topological polar surface area (TPSA) is 106 Å². The third-order valence-corrected chi connectivity index (χ3v) is 4.68. The highest BCUT2D eigenvalue weighted by Gasteiger charge is 2.13. The largest absolute Gasteiger partial charge is 0.379 e. The summed E-state index contributed by atoms with van der Waals surface area (Å²) >= 11 is 0. The molecule has 0 aliphatic carbocycles. The number of rotatable bonds is 11. The van der Waals surface area contributed by atoms with Crippen molar-refractivity contribution in [3.8, 4) is 0 Å².